The fourth-order valence-corrected chi connectivity index (χ4v) is 1.29. The molecule has 0 saturated carbocycles. The Labute approximate surface area is 86.1 Å². The minimum Gasteiger partial charge on any atom is -0.481 e. The van der Waals surface area contributed by atoms with Gasteiger partial charge in [0.25, 0.3) is 0 Å². The van der Waals surface area contributed by atoms with E-state index in [9.17, 15) is 9.59 Å². The maximum atomic E-state index is 10.8. The molecule has 0 radical (unpaired) electrons. The molecule has 0 amide bonds. The van der Waals surface area contributed by atoms with Gasteiger partial charge >= 0.3 is 11.9 Å². The molecule has 0 saturated heterocycles. The van der Waals surface area contributed by atoms with E-state index in [1.807, 2.05) is 0 Å². The summed E-state index contributed by atoms with van der Waals surface area (Å²) in [5, 5.41) is 17.4. The van der Waals surface area contributed by atoms with Gasteiger partial charge in [-0.1, -0.05) is 12.1 Å². The summed E-state index contributed by atoms with van der Waals surface area (Å²) in [5.41, 5.74) is 6.38. The Bertz CT molecular complexity index is 400. The number of aliphatic carboxylic acids is 1. The quantitative estimate of drug-likeness (QED) is 0.669. The fourth-order valence-electron chi connectivity index (χ4n) is 1.29. The average molecular weight is 209 g/mol. The van der Waals surface area contributed by atoms with E-state index >= 15 is 0 Å². The van der Waals surface area contributed by atoms with E-state index in [0.29, 0.717) is 0 Å². The lowest BCUT2D eigenvalue weighted by atomic mass is 10.0. The topological polar surface area (TPSA) is 101 Å². The number of benzene rings is 1. The molecule has 1 rings (SSSR count). The summed E-state index contributed by atoms with van der Waals surface area (Å²) in [6, 6.07) is 4.47. The van der Waals surface area contributed by atoms with E-state index in [-0.39, 0.29) is 24.1 Å². The first-order chi connectivity index (χ1) is 7.04. The summed E-state index contributed by atoms with van der Waals surface area (Å²) < 4.78 is 0. The SMILES string of the molecule is NCc1ccc(C(=O)O)c(CC(=O)O)c1. The van der Waals surface area contributed by atoms with Gasteiger partial charge in [0.1, 0.15) is 0 Å². The van der Waals surface area contributed by atoms with Crippen LogP contribution in [0.4, 0.5) is 0 Å². The van der Waals surface area contributed by atoms with Gasteiger partial charge in [-0.2, -0.15) is 0 Å². The lowest BCUT2D eigenvalue weighted by Gasteiger charge is -2.05. The van der Waals surface area contributed by atoms with Crippen LogP contribution < -0.4 is 5.73 Å². The van der Waals surface area contributed by atoms with Crippen molar-refractivity contribution in [3.63, 3.8) is 0 Å². The number of hydrogen-bond donors (Lipinski definition) is 3. The van der Waals surface area contributed by atoms with Gasteiger partial charge in [-0.3, -0.25) is 4.79 Å². The van der Waals surface area contributed by atoms with Gasteiger partial charge < -0.3 is 15.9 Å². The molecule has 0 unspecified atom stereocenters. The number of hydrogen-bond acceptors (Lipinski definition) is 3. The number of carboxylic acid groups (broad SMARTS) is 2. The molecule has 0 atom stereocenters. The Morgan fingerprint density at radius 3 is 2.40 bits per heavy atom. The summed E-state index contributed by atoms with van der Waals surface area (Å²) in [4.78, 5) is 21.3. The van der Waals surface area contributed by atoms with Crippen LogP contribution in [0, 0.1) is 0 Å². The molecule has 0 heterocycles. The van der Waals surface area contributed by atoms with E-state index < -0.39 is 11.9 Å². The average Bonchev–Trinajstić information content (AvgIpc) is 2.16. The van der Waals surface area contributed by atoms with Crippen molar-refractivity contribution in [1.82, 2.24) is 0 Å². The summed E-state index contributed by atoms with van der Waals surface area (Å²) in [5.74, 6) is -2.19. The van der Waals surface area contributed by atoms with Crippen molar-refractivity contribution >= 4 is 11.9 Å². The number of carboxylic acids is 2. The highest BCUT2D eigenvalue weighted by Crippen LogP contribution is 2.13. The molecule has 0 aromatic heterocycles. The smallest absolute Gasteiger partial charge is 0.335 e. The van der Waals surface area contributed by atoms with Crippen molar-refractivity contribution in [2.45, 2.75) is 13.0 Å². The highest BCUT2D eigenvalue weighted by molar-refractivity contribution is 5.91. The largest absolute Gasteiger partial charge is 0.481 e. The van der Waals surface area contributed by atoms with E-state index in [4.69, 9.17) is 15.9 Å². The fraction of sp³-hybridized carbons (Fsp3) is 0.200. The molecule has 1 aromatic carbocycles. The minimum absolute atomic E-state index is 0.00889. The Morgan fingerprint density at radius 1 is 1.27 bits per heavy atom. The van der Waals surface area contributed by atoms with Gasteiger partial charge in [0, 0.05) is 6.54 Å². The first kappa shape index (κ1) is 11.2. The molecule has 0 bridgehead atoms. The predicted octanol–water partition coefficient (Wildman–Crippen LogP) is 0.471. The predicted molar refractivity (Wildman–Crippen MR) is 52.6 cm³/mol. The zero-order valence-corrected chi connectivity index (χ0v) is 7.93. The zero-order valence-electron chi connectivity index (χ0n) is 7.93. The third kappa shape index (κ3) is 2.78. The number of aromatic carboxylic acids is 1. The van der Waals surface area contributed by atoms with Crippen LogP contribution in [0.2, 0.25) is 0 Å². The number of carbonyl (C=O) groups is 2. The molecule has 4 N–H and O–H groups in total. The van der Waals surface area contributed by atoms with E-state index in [2.05, 4.69) is 0 Å². The first-order valence-corrected chi connectivity index (χ1v) is 4.31. The second kappa shape index (κ2) is 4.56. The highest BCUT2D eigenvalue weighted by atomic mass is 16.4. The lowest BCUT2D eigenvalue weighted by molar-refractivity contribution is -0.136. The summed E-state index contributed by atoms with van der Waals surface area (Å²) in [6.07, 6.45) is -0.310. The lowest BCUT2D eigenvalue weighted by Crippen LogP contribution is -2.09. The normalized spacial score (nSPS) is 9.93. The maximum absolute atomic E-state index is 10.8. The van der Waals surface area contributed by atoms with E-state index in [1.54, 1.807) is 6.07 Å². The van der Waals surface area contributed by atoms with Gasteiger partial charge in [0.15, 0.2) is 0 Å². The van der Waals surface area contributed by atoms with Crippen LogP contribution in [0.1, 0.15) is 21.5 Å². The van der Waals surface area contributed by atoms with Gasteiger partial charge in [0.05, 0.1) is 12.0 Å². The van der Waals surface area contributed by atoms with Gasteiger partial charge in [-0.25, -0.2) is 4.79 Å². The minimum atomic E-state index is -1.13. The van der Waals surface area contributed by atoms with Crippen LogP contribution >= 0.6 is 0 Å². The highest BCUT2D eigenvalue weighted by Gasteiger charge is 2.12. The molecule has 1 aromatic rings. The molecule has 15 heavy (non-hydrogen) atoms. The molecule has 0 aliphatic heterocycles. The van der Waals surface area contributed by atoms with Gasteiger partial charge in [0.2, 0.25) is 0 Å². The van der Waals surface area contributed by atoms with E-state index in [1.165, 1.54) is 12.1 Å². The van der Waals surface area contributed by atoms with Crippen LogP contribution in [0.25, 0.3) is 0 Å². The third-order valence-electron chi connectivity index (χ3n) is 1.98. The Balaban J connectivity index is 3.16. The third-order valence-corrected chi connectivity index (χ3v) is 1.98. The first-order valence-electron chi connectivity index (χ1n) is 4.31. The summed E-state index contributed by atoms with van der Waals surface area (Å²) in [6.45, 7) is 0.256. The molecule has 0 spiro atoms. The van der Waals surface area contributed by atoms with Gasteiger partial charge in [-0.05, 0) is 17.2 Å². The van der Waals surface area contributed by atoms with Crippen molar-refractivity contribution in [3.8, 4) is 0 Å². The molecular weight excluding hydrogens is 198 g/mol. The van der Waals surface area contributed by atoms with Gasteiger partial charge in [-0.15, -0.1) is 0 Å². The Morgan fingerprint density at radius 2 is 1.93 bits per heavy atom. The van der Waals surface area contributed by atoms with Crippen molar-refractivity contribution in [2.75, 3.05) is 0 Å². The van der Waals surface area contributed by atoms with Crippen LogP contribution in [0.5, 0.6) is 0 Å². The standard InChI is InChI=1S/C10H11NO4/c11-5-6-1-2-8(10(14)15)7(3-6)4-9(12)13/h1-3H,4-5,11H2,(H,12,13)(H,14,15). The molecular formula is C10H11NO4. The van der Waals surface area contributed by atoms with Crippen molar-refractivity contribution < 1.29 is 19.8 Å². The zero-order chi connectivity index (χ0) is 11.4. The van der Waals surface area contributed by atoms with Crippen LogP contribution in [0.3, 0.4) is 0 Å². The molecule has 80 valence electrons. The van der Waals surface area contributed by atoms with Crippen molar-refractivity contribution in [1.29, 1.82) is 0 Å². The van der Waals surface area contributed by atoms with Crippen molar-refractivity contribution in [2.24, 2.45) is 5.73 Å². The molecule has 0 aliphatic rings. The molecule has 0 aliphatic carbocycles. The van der Waals surface area contributed by atoms with Crippen LogP contribution in [0.15, 0.2) is 18.2 Å². The van der Waals surface area contributed by atoms with E-state index in [0.717, 1.165) is 5.56 Å². The number of rotatable bonds is 4. The van der Waals surface area contributed by atoms with Crippen LogP contribution in [-0.4, -0.2) is 22.2 Å². The summed E-state index contributed by atoms with van der Waals surface area (Å²) >= 11 is 0. The maximum Gasteiger partial charge on any atom is 0.335 e. The monoisotopic (exact) mass is 209 g/mol. The van der Waals surface area contributed by atoms with Crippen molar-refractivity contribution in [3.05, 3.63) is 34.9 Å². The van der Waals surface area contributed by atoms with Crippen LogP contribution in [-0.2, 0) is 17.8 Å². The Hall–Kier alpha value is -1.88. The second-order valence-corrected chi connectivity index (χ2v) is 3.07. The molecule has 5 nitrogen and oxygen atoms in total. The number of nitrogens with two attached hydrogens (primary N) is 1. The molecule has 0 fully saturated rings. The Kier molecular flexibility index (Phi) is 3.41. The summed E-state index contributed by atoms with van der Waals surface area (Å²) in [7, 11) is 0. The molecule has 5 heteroatoms. The second-order valence-electron chi connectivity index (χ2n) is 3.07.